The number of hydrogen-bond donors (Lipinski definition) is 0. The number of benzene rings is 19. The minimum Gasteiger partial charge on any atom is -0.310 e. The molecule has 0 fully saturated rings. The highest BCUT2D eigenvalue weighted by molar-refractivity contribution is 6.01. The van der Waals surface area contributed by atoms with Crippen LogP contribution in [0.2, 0.25) is 0 Å². The van der Waals surface area contributed by atoms with Crippen molar-refractivity contribution in [2.24, 2.45) is 0 Å². The predicted octanol–water partition coefficient (Wildman–Crippen LogP) is 37.7. The summed E-state index contributed by atoms with van der Waals surface area (Å²) in [4.78, 5) is 14.9. The molecule has 0 aliphatic heterocycles. The van der Waals surface area contributed by atoms with Crippen LogP contribution in [0.15, 0.2) is 485 Å². The Morgan fingerprint density at radius 2 is 0.257 bits per heavy atom. The molecule has 136 heavy (non-hydrogen) atoms. The third-order valence-corrected chi connectivity index (χ3v) is 26.0. The van der Waals surface area contributed by atoms with Gasteiger partial charge in [-0.2, -0.15) is 0 Å². The van der Waals surface area contributed by atoms with Crippen molar-refractivity contribution in [1.29, 1.82) is 0 Å². The quantitative estimate of drug-likeness (QED) is 0.0596. The zero-order valence-electron chi connectivity index (χ0n) is 79.9. The van der Waals surface area contributed by atoms with Gasteiger partial charge in [0.05, 0.1) is 68.2 Å². The molecule has 0 amide bonds. The van der Waals surface area contributed by atoms with E-state index < -0.39 is 0 Å². The second-order valence-corrected chi connectivity index (χ2v) is 39.4. The summed E-state index contributed by atoms with van der Waals surface area (Å²) in [6, 6.07) is 180. The van der Waals surface area contributed by atoms with Gasteiger partial charge in [0.1, 0.15) is 0 Å². The van der Waals surface area contributed by atoms with Crippen LogP contribution < -0.4 is 29.4 Å². The molecule has 6 nitrogen and oxygen atoms in total. The minimum absolute atomic E-state index is 0.0507. The first-order valence-corrected chi connectivity index (χ1v) is 47.5. The Bertz CT molecular complexity index is 6570. The molecule has 0 atom stereocenters. The monoisotopic (exact) mass is 1760 g/mol. The fraction of sp³-hybridized carbons (Fsp3) is 0.123. The smallest absolute Gasteiger partial charge is 0.0540 e. The Morgan fingerprint density at radius 1 is 0.118 bits per heavy atom. The molecule has 0 bridgehead atoms. The van der Waals surface area contributed by atoms with Gasteiger partial charge in [0.15, 0.2) is 0 Å². The van der Waals surface area contributed by atoms with Crippen LogP contribution in [-0.2, 0) is 21.7 Å². The van der Waals surface area contributed by atoms with Crippen LogP contribution in [0.25, 0.3) is 66.8 Å². The van der Waals surface area contributed by atoms with E-state index in [1.165, 1.54) is 22.3 Å². The van der Waals surface area contributed by atoms with Crippen molar-refractivity contribution in [3.05, 3.63) is 508 Å². The van der Waals surface area contributed by atoms with Crippen LogP contribution >= 0.6 is 0 Å². The summed E-state index contributed by atoms with van der Waals surface area (Å²) in [5.41, 5.74) is 35.3. The molecule has 0 N–H and O–H groups in total. The first-order chi connectivity index (χ1) is 66.0. The molecule has 0 heterocycles. The van der Waals surface area contributed by atoms with E-state index in [0.29, 0.717) is 0 Å². The molecule has 6 heteroatoms. The first kappa shape index (κ1) is 89.2. The van der Waals surface area contributed by atoms with E-state index in [1.54, 1.807) is 0 Å². The lowest BCUT2D eigenvalue weighted by Crippen LogP contribution is -2.18. The van der Waals surface area contributed by atoms with Gasteiger partial charge >= 0.3 is 0 Å². The summed E-state index contributed by atoms with van der Waals surface area (Å²) in [5.74, 6) is 0. The van der Waals surface area contributed by atoms with Gasteiger partial charge in [-0.05, 0) is 217 Å². The SMILES string of the molecule is CC(C)(C)c1ccc(-c2ccccc2N(c2ccccc2)c2cc(N(c3ccccc3)c3ccccc3-c3ccc(C(C)(C)C)cc3)cc(N(c3cccc(N(c4cc(N(c5ccccc5)c5ccccc5-c5ccc(C(C)(C)C)cc5)cc(N(c5ccccc5)c5ccccc5-c5ccc(C(C)(C)C)cc5)c4)c4ccccc4-c4ccccc4)c3)c3ccccc3-c3ccccc3)c2)cc1. The summed E-state index contributed by atoms with van der Waals surface area (Å²) in [6.45, 7) is 27.4. The van der Waals surface area contributed by atoms with Crippen molar-refractivity contribution >= 4 is 102 Å². The third kappa shape index (κ3) is 18.9. The molecule has 19 rings (SSSR count). The molecule has 0 unspecified atom stereocenters. The van der Waals surface area contributed by atoms with Gasteiger partial charge in [0, 0.05) is 67.5 Å². The second kappa shape index (κ2) is 38.3. The maximum Gasteiger partial charge on any atom is 0.0540 e. The lowest BCUT2D eigenvalue weighted by atomic mass is 9.86. The van der Waals surface area contributed by atoms with Crippen molar-refractivity contribution in [2.45, 2.75) is 105 Å². The average molecular weight is 1760 g/mol. The number of hydrogen-bond acceptors (Lipinski definition) is 6. The summed E-state index contributed by atoms with van der Waals surface area (Å²) >= 11 is 0. The molecule has 0 aromatic heterocycles. The molecule has 0 saturated heterocycles. The van der Waals surface area contributed by atoms with E-state index in [4.69, 9.17) is 0 Å². The summed E-state index contributed by atoms with van der Waals surface area (Å²) < 4.78 is 0. The Morgan fingerprint density at radius 3 is 0.441 bits per heavy atom. The van der Waals surface area contributed by atoms with E-state index in [0.717, 1.165) is 169 Å². The van der Waals surface area contributed by atoms with Crippen molar-refractivity contribution < 1.29 is 0 Å². The van der Waals surface area contributed by atoms with Crippen molar-refractivity contribution in [3.63, 3.8) is 0 Å². The standard InChI is InChI=1S/C130H116N6/c1-127(2,3)99-78-70-95(71-79-99)117-60-33-37-64-121(117)131(103-48-23-15-24-49-103)109-87-110(132(104-50-25-16-26-51-104)122-65-38-34-61-118(122)96-72-80-100(81-73-96)128(4,5)6)90-113(89-109)135(125-68-41-31-58-115(125)93-44-19-13-20-45-93)107-56-43-57-108(86-107)136(126-69-42-32-59-116(126)94-46-21-14-22-47-94)114-91-111(133(105-52-27-17-28-53-105)123-66-39-35-62-119(123)97-74-82-101(83-75-97)129(7,8)9)88-112(92-114)134(106-54-29-18-30-55-106)124-67-40-36-63-120(124)98-76-84-102(85-77-98)130(10,11)12/h13-92H,1-12H3. The van der Waals surface area contributed by atoms with Crippen molar-refractivity contribution in [2.75, 3.05) is 29.4 Å². The fourth-order valence-electron chi connectivity index (χ4n) is 18.9. The molecule has 666 valence electrons. The molecule has 0 spiro atoms. The van der Waals surface area contributed by atoms with Gasteiger partial charge < -0.3 is 29.4 Å². The lowest BCUT2D eigenvalue weighted by molar-refractivity contribution is 0.590. The van der Waals surface area contributed by atoms with Gasteiger partial charge in [0.25, 0.3) is 0 Å². The highest BCUT2D eigenvalue weighted by Crippen LogP contribution is 2.55. The topological polar surface area (TPSA) is 19.4 Å². The van der Waals surface area contributed by atoms with E-state index >= 15 is 0 Å². The molecular formula is C130H116N6. The Hall–Kier alpha value is -16.0. The minimum atomic E-state index is -0.0507. The van der Waals surface area contributed by atoms with Crippen LogP contribution in [0.4, 0.5) is 102 Å². The Labute approximate surface area is 805 Å². The zero-order chi connectivity index (χ0) is 93.7. The maximum absolute atomic E-state index is 2.52. The zero-order valence-corrected chi connectivity index (χ0v) is 79.9. The second-order valence-electron chi connectivity index (χ2n) is 39.4. The highest BCUT2D eigenvalue weighted by atomic mass is 15.2. The molecule has 0 aliphatic carbocycles. The fourth-order valence-corrected chi connectivity index (χ4v) is 18.9. The molecule has 19 aromatic carbocycles. The Kier molecular flexibility index (Phi) is 25.1. The first-order valence-electron chi connectivity index (χ1n) is 47.5. The van der Waals surface area contributed by atoms with Gasteiger partial charge in [0.2, 0.25) is 0 Å². The number of para-hydroxylation sites is 10. The van der Waals surface area contributed by atoms with Crippen LogP contribution in [-0.4, -0.2) is 0 Å². The van der Waals surface area contributed by atoms with E-state index in [2.05, 4.69) is 598 Å². The van der Waals surface area contributed by atoms with Crippen LogP contribution in [0.3, 0.4) is 0 Å². The Balaban J connectivity index is 0.917. The maximum atomic E-state index is 2.52. The summed E-state index contributed by atoms with van der Waals surface area (Å²) in [7, 11) is 0. The number of nitrogens with zero attached hydrogens (tertiary/aromatic N) is 6. The van der Waals surface area contributed by atoms with Crippen LogP contribution in [0.1, 0.15) is 105 Å². The average Bonchev–Trinajstić information content (AvgIpc) is 0.747. The van der Waals surface area contributed by atoms with Gasteiger partial charge in [-0.1, -0.05) is 429 Å². The predicted molar refractivity (Wildman–Crippen MR) is 582 cm³/mol. The van der Waals surface area contributed by atoms with E-state index in [-0.39, 0.29) is 21.7 Å². The van der Waals surface area contributed by atoms with E-state index in [1.807, 2.05) is 0 Å². The van der Waals surface area contributed by atoms with Crippen LogP contribution in [0.5, 0.6) is 0 Å². The molecular weight excluding hydrogens is 1650 g/mol. The van der Waals surface area contributed by atoms with Crippen molar-refractivity contribution in [3.8, 4) is 66.8 Å². The molecule has 0 saturated carbocycles. The highest BCUT2D eigenvalue weighted by Gasteiger charge is 2.32. The summed E-state index contributed by atoms with van der Waals surface area (Å²) in [6.07, 6.45) is 0. The summed E-state index contributed by atoms with van der Waals surface area (Å²) in [5, 5.41) is 0. The van der Waals surface area contributed by atoms with Crippen LogP contribution in [0, 0.1) is 0 Å². The third-order valence-electron chi connectivity index (χ3n) is 26.0. The molecule has 19 aromatic rings. The largest absolute Gasteiger partial charge is 0.310 e. The van der Waals surface area contributed by atoms with E-state index in [9.17, 15) is 0 Å². The normalized spacial score (nSPS) is 11.7. The lowest BCUT2D eigenvalue weighted by Gasteiger charge is -2.36. The molecule has 0 radical (unpaired) electrons. The van der Waals surface area contributed by atoms with Gasteiger partial charge in [-0.3, -0.25) is 0 Å². The van der Waals surface area contributed by atoms with Gasteiger partial charge in [-0.15, -0.1) is 0 Å². The molecule has 0 aliphatic rings. The van der Waals surface area contributed by atoms with Gasteiger partial charge in [-0.25, -0.2) is 0 Å². The number of rotatable bonds is 24. The van der Waals surface area contributed by atoms with Crippen molar-refractivity contribution in [1.82, 2.24) is 0 Å². The number of anilines is 18.